The first-order chi connectivity index (χ1) is 17.0. The number of nitriles is 1. The fourth-order valence-corrected chi connectivity index (χ4v) is 6.03. The molecule has 0 radical (unpaired) electrons. The molecule has 1 amide bonds. The molecule has 184 valence electrons. The number of hydrogen-bond donors (Lipinski definition) is 2. The largest absolute Gasteiger partial charge is 0.490 e. The lowest BCUT2D eigenvalue weighted by Crippen LogP contribution is -2.40. The molecular weight excluding hydrogens is 466 g/mol. The van der Waals surface area contributed by atoms with Crippen molar-refractivity contribution in [1.29, 1.82) is 5.26 Å². The van der Waals surface area contributed by atoms with Crippen molar-refractivity contribution < 1.29 is 14.6 Å². The molecule has 3 fully saturated rings. The molecule has 2 aliphatic carbocycles. The van der Waals surface area contributed by atoms with Gasteiger partial charge in [0.05, 0.1) is 16.7 Å². The lowest BCUT2D eigenvalue weighted by molar-refractivity contribution is 0.0888. The number of ether oxygens (including phenoxy) is 1. The molecule has 8 nitrogen and oxygen atoms in total. The van der Waals surface area contributed by atoms with Gasteiger partial charge < -0.3 is 20.1 Å². The zero-order valence-electron chi connectivity index (χ0n) is 19.6. The molecule has 1 aromatic heterocycles. The Labute approximate surface area is 210 Å². The monoisotopic (exact) mass is 495 g/mol. The van der Waals surface area contributed by atoms with Gasteiger partial charge in [-0.25, -0.2) is 0 Å². The second-order valence-electron chi connectivity index (χ2n) is 10.0. The summed E-state index contributed by atoms with van der Waals surface area (Å²) < 4.78 is 6.03. The number of aliphatic hydroxyl groups excluding tert-OH is 1. The van der Waals surface area contributed by atoms with Crippen LogP contribution in [0.1, 0.15) is 54.6 Å². The van der Waals surface area contributed by atoms with Gasteiger partial charge in [0.1, 0.15) is 11.8 Å². The minimum Gasteiger partial charge on any atom is -0.490 e. The van der Waals surface area contributed by atoms with Gasteiger partial charge in [-0.05, 0) is 80.5 Å². The third-order valence-electron chi connectivity index (χ3n) is 7.69. The van der Waals surface area contributed by atoms with E-state index in [-0.39, 0.29) is 24.7 Å². The van der Waals surface area contributed by atoms with Gasteiger partial charge >= 0.3 is 0 Å². The molecule has 0 spiro atoms. The van der Waals surface area contributed by atoms with E-state index in [9.17, 15) is 9.90 Å². The molecule has 3 atom stereocenters. The molecule has 2 heterocycles. The number of amides is 1. The van der Waals surface area contributed by atoms with Gasteiger partial charge in [-0.1, -0.05) is 11.6 Å². The molecule has 0 unspecified atom stereocenters. The molecule has 1 aromatic carbocycles. The predicted molar refractivity (Wildman–Crippen MR) is 131 cm³/mol. The lowest BCUT2D eigenvalue weighted by Gasteiger charge is -2.29. The molecule has 2 aromatic rings. The van der Waals surface area contributed by atoms with E-state index < -0.39 is 0 Å². The van der Waals surface area contributed by atoms with E-state index >= 15 is 0 Å². The Bertz CT molecular complexity index is 1080. The predicted octanol–water partition coefficient (Wildman–Crippen LogP) is 3.58. The lowest BCUT2D eigenvalue weighted by atomic mass is 9.93. The number of hydrogen-bond acceptors (Lipinski definition) is 7. The van der Waals surface area contributed by atoms with E-state index in [1.807, 2.05) is 12.1 Å². The van der Waals surface area contributed by atoms with Gasteiger partial charge in [0.15, 0.2) is 11.5 Å². The number of anilines is 1. The number of fused-ring (bicyclic) bond motifs is 1. The number of rotatable bonds is 6. The van der Waals surface area contributed by atoms with Crippen LogP contribution < -0.4 is 15.0 Å². The SMILES string of the molecule is N#Cc1ccc(OC2CCC(NC(=O)c3ccc(N4C[C@H]5C[C@@H](CO)C[C@H]5C4)nn3)CC2)cc1Cl. The summed E-state index contributed by atoms with van der Waals surface area (Å²) in [6, 6.07) is 10.9. The zero-order chi connectivity index (χ0) is 24.4. The van der Waals surface area contributed by atoms with Crippen LogP contribution in [0.4, 0.5) is 5.82 Å². The summed E-state index contributed by atoms with van der Waals surface area (Å²) in [6.45, 7) is 2.18. The third kappa shape index (κ3) is 5.36. The number of carbonyl (C=O) groups excluding carboxylic acids is 1. The summed E-state index contributed by atoms with van der Waals surface area (Å²) in [5.74, 6) is 2.95. The van der Waals surface area contributed by atoms with Crippen LogP contribution in [0.15, 0.2) is 30.3 Å². The Balaban J connectivity index is 1.08. The van der Waals surface area contributed by atoms with Gasteiger partial charge in [0.25, 0.3) is 5.91 Å². The van der Waals surface area contributed by atoms with Crippen molar-refractivity contribution in [2.45, 2.75) is 50.7 Å². The third-order valence-corrected chi connectivity index (χ3v) is 8.00. The molecule has 0 bridgehead atoms. The summed E-state index contributed by atoms with van der Waals surface area (Å²) >= 11 is 6.09. The first kappa shape index (κ1) is 23.8. The topological polar surface area (TPSA) is 111 Å². The van der Waals surface area contributed by atoms with Gasteiger partial charge in [-0.2, -0.15) is 5.26 Å². The fraction of sp³-hybridized carbons (Fsp3) is 0.538. The number of carbonyl (C=O) groups is 1. The second kappa shape index (κ2) is 10.4. The highest BCUT2D eigenvalue weighted by Gasteiger charge is 2.41. The summed E-state index contributed by atoms with van der Waals surface area (Å²) in [5, 5.41) is 30.4. The maximum absolute atomic E-state index is 12.7. The number of nitrogens with zero attached hydrogens (tertiary/aromatic N) is 4. The minimum atomic E-state index is -0.198. The number of nitrogens with one attached hydrogen (secondary N) is 1. The Morgan fingerprint density at radius 3 is 2.49 bits per heavy atom. The summed E-state index contributed by atoms with van der Waals surface area (Å²) in [5.41, 5.74) is 0.764. The van der Waals surface area contributed by atoms with Crippen molar-refractivity contribution in [1.82, 2.24) is 15.5 Å². The van der Waals surface area contributed by atoms with Crippen LogP contribution in [0.5, 0.6) is 5.75 Å². The Morgan fingerprint density at radius 1 is 1.14 bits per heavy atom. The minimum absolute atomic E-state index is 0.0545. The van der Waals surface area contributed by atoms with Crippen LogP contribution in [-0.4, -0.2) is 53.1 Å². The second-order valence-corrected chi connectivity index (χ2v) is 10.4. The molecule has 1 saturated heterocycles. The maximum atomic E-state index is 12.7. The number of halogens is 1. The smallest absolute Gasteiger partial charge is 0.272 e. The molecule has 2 N–H and O–H groups in total. The van der Waals surface area contributed by atoms with Gasteiger partial charge in [-0.3, -0.25) is 4.79 Å². The van der Waals surface area contributed by atoms with E-state index in [1.165, 1.54) is 0 Å². The van der Waals surface area contributed by atoms with Crippen LogP contribution in [0.3, 0.4) is 0 Å². The van der Waals surface area contributed by atoms with Crippen molar-refractivity contribution >= 4 is 23.3 Å². The highest BCUT2D eigenvalue weighted by molar-refractivity contribution is 6.31. The number of benzene rings is 1. The van der Waals surface area contributed by atoms with Gasteiger partial charge in [0, 0.05) is 31.8 Å². The number of aliphatic hydroxyl groups is 1. The Kier molecular flexibility index (Phi) is 7.07. The van der Waals surface area contributed by atoms with Crippen molar-refractivity contribution in [3.8, 4) is 11.8 Å². The normalized spacial score (nSPS) is 27.8. The standard InChI is InChI=1S/C26H30ClN5O3/c27-23-11-22(4-1-17(23)12-28)35-21-5-2-20(3-6-21)29-26(34)24-7-8-25(31-30-24)32-13-18-9-16(15-33)10-19(18)14-32/h1,4,7-8,11,16,18-21,33H,2-3,5-6,9-10,13-15H2,(H,29,34)/t16-,18-,19+,20?,21?. The Morgan fingerprint density at radius 2 is 1.89 bits per heavy atom. The summed E-state index contributed by atoms with van der Waals surface area (Å²) in [7, 11) is 0. The first-order valence-electron chi connectivity index (χ1n) is 12.4. The van der Waals surface area contributed by atoms with E-state index in [4.69, 9.17) is 21.6 Å². The quantitative estimate of drug-likeness (QED) is 0.630. The van der Waals surface area contributed by atoms with Crippen LogP contribution in [0.2, 0.25) is 5.02 Å². The maximum Gasteiger partial charge on any atom is 0.272 e. The van der Waals surface area contributed by atoms with E-state index in [1.54, 1.807) is 24.3 Å². The van der Waals surface area contributed by atoms with Gasteiger partial charge in [-0.15, -0.1) is 10.2 Å². The van der Waals surface area contributed by atoms with Crippen LogP contribution in [0, 0.1) is 29.1 Å². The fourth-order valence-electron chi connectivity index (χ4n) is 5.81. The molecule has 1 aliphatic heterocycles. The molecular formula is C26H30ClN5O3. The van der Waals surface area contributed by atoms with E-state index in [0.717, 1.165) is 57.4 Å². The molecule has 5 rings (SSSR count). The van der Waals surface area contributed by atoms with Crippen LogP contribution in [0.25, 0.3) is 0 Å². The molecule has 2 saturated carbocycles. The summed E-state index contributed by atoms with van der Waals surface area (Å²) in [4.78, 5) is 15.0. The van der Waals surface area contributed by atoms with Crippen molar-refractivity contribution in [3.63, 3.8) is 0 Å². The molecule has 35 heavy (non-hydrogen) atoms. The average molecular weight is 496 g/mol. The van der Waals surface area contributed by atoms with Crippen LogP contribution >= 0.6 is 11.6 Å². The Hall–Kier alpha value is -2.89. The highest BCUT2D eigenvalue weighted by atomic mass is 35.5. The van der Waals surface area contributed by atoms with Gasteiger partial charge in [0.2, 0.25) is 0 Å². The highest BCUT2D eigenvalue weighted by Crippen LogP contribution is 2.42. The van der Waals surface area contributed by atoms with E-state index in [2.05, 4.69) is 20.4 Å². The van der Waals surface area contributed by atoms with Crippen molar-refractivity contribution in [2.24, 2.45) is 17.8 Å². The van der Waals surface area contributed by atoms with E-state index in [0.29, 0.717) is 39.8 Å². The number of aromatic nitrogens is 2. The average Bonchev–Trinajstić information content (AvgIpc) is 3.45. The first-order valence-corrected chi connectivity index (χ1v) is 12.8. The van der Waals surface area contributed by atoms with Crippen LogP contribution in [-0.2, 0) is 0 Å². The van der Waals surface area contributed by atoms with Crippen molar-refractivity contribution in [2.75, 3.05) is 24.6 Å². The van der Waals surface area contributed by atoms with Crippen molar-refractivity contribution in [3.05, 3.63) is 46.6 Å². The molecule has 3 aliphatic rings. The summed E-state index contributed by atoms with van der Waals surface area (Å²) in [6.07, 6.45) is 5.50. The molecule has 9 heteroatoms. The zero-order valence-corrected chi connectivity index (χ0v) is 20.3.